The number of para-hydroxylation sites is 1. The van der Waals surface area contributed by atoms with Crippen molar-refractivity contribution in [1.29, 1.82) is 0 Å². The Morgan fingerprint density at radius 3 is 2.68 bits per heavy atom. The molecule has 2 aromatic heterocycles. The fourth-order valence-electron chi connectivity index (χ4n) is 4.24. The standard InChI is InChI=1S/C22H22FN3O2/c23-16-7-8-17-19(24-28-21(17)14-16)5-3-11-26-12-9-15(10-13-26)22-18-4-1-2-6-20(18)27-25-22/h1-2,4,6-8,14-15H,3,5,9-13H2. The summed E-state index contributed by atoms with van der Waals surface area (Å²) < 4.78 is 24.0. The van der Waals surface area contributed by atoms with Gasteiger partial charge in [0.05, 0.1) is 11.4 Å². The quantitative estimate of drug-likeness (QED) is 0.493. The van der Waals surface area contributed by atoms with Crippen molar-refractivity contribution in [3.05, 3.63) is 59.7 Å². The van der Waals surface area contributed by atoms with Crippen LogP contribution < -0.4 is 0 Å². The van der Waals surface area contributed by atoms with Gasteiger partial charge in [0.25, 0.3) is 0 Å². The number of fused-ring (bicyclic) bond motifs is 2. The zero-order chi connectivity index (χ0) is 18.9. The van der Waals surface area contributed by atoms with Crippen molar-refractivity contribution in [2.24, 2.45) is 0 Å². The zero-order valence-electron chi connectivity index (χ0n) is 15.6. The van der Waals surface area contributed by atoms with Crippen LogP contribution in [0.5, 0.6) is 0 Å². The fourth-order valence-corrected chi connectivity index (χ4v) is 4.24. The van der Waals surface area contributed by atoms with E-state index in [9.17, 15) is 4.39 Å². The van der Waals surface area contributed by atoms with Gasteiger partial charge in [0, 0.05) is 22.8 Å². The summed E-state index contributed by atoms with van der Waals surface area (Å²) in [6, 6.07) is 12.7. The van der Waals surface area contributed by atoms with Crippen molar-refractivity contribution < 1.29 is 13.4 Å². The summed E-state index contributed by atoms with van der Waals surface area (Å²) in [6.07, 6.45) is 4.05. The molecular formula is C22H22FN3O2. The van der Waals surface area contributed by atoms with E-state index in [1.165, 1.54) is 12.1 Å². The minimum absolute atomic E-state index is 0.294. The molecule has 5 rings (SSSR count). The first kappa shape index (κ1) is 17.4. The summed E-state index contributed by atoms with van der Waals surface area (Å²) in [5.41, 5.74) is 3.42. The lowest BCUT2D eigenvalue weighted by molar-refractivity contribution is 0.207. The number of hydrogen-bond donors (Lipinski definition) is 0. The lowest BCUT2D eigenvalue weighted by Crippen LogP contribution is -2.34. The van der Waals surface area contributed by atoms with Gasteiger partial charge >= 0.3 is 0 Å². The van der Waals surface area contributed by atoms with Crippen molar-refractivity contribution in [1.82, 2.24) is 15.2 Å². The van der Waals surface area contributed by atoms with E-state index in [0.717, 1.165) is 73.1 Å². The molecule has 6 heteroatoms. The van der Waals surface area contributed by atoms with E-state index < -0.39 is 0 Å². The number of rotatable bonds is 5. The first-order chi connectivity index (χ1) is 13.8. The van der Waals surface area contributed by atoms with Gasteiger partial charge in [0.1, 0.15) is 5.82 Å². The Morgan fingerprint density at radius 2 is 1.79 bits per heavy atom. The maximum Gasteiger partial charge on any atom is 0.170 e. The molecule has 28 heavy (non-hydrogen) atoms. The molecule has 4 aromatic rings. The van der Waals surface area contributed by atoms with Gasteiger partial charge in [-0.1, -0.05) is 22.4 Å². The molecule has 0 amide bonds. The molecule has 0 saturated carbocycles. The molecule has 5 nitrogen and oxygen atoms in total. The highest BCUT2D eigenvalue weighted by Gasteiger charge is 2.24. The summed E-state index contributed by atoms with van der Waals surface area (Å²) in [5, 5.41) is 10.5. The minimum atomic E-state index is -0.294. The Kier molecular flexibility index (Phi) is 4.56. The van der Waals surface area contributed by atoms with Crippen LogP contribution in [0.2, 0.25) is 0 Å². The Labute approximate surface area is 162 Å². The second-order valence-electron chi connectivity index (χ2n) is 7.55. The zero-order valence-corrected chi connectivity index (χ0v) is 15.6. The summed E-state index contributed by atoms with van der Waals surface area (Å²) >= 11 is 0. The molecule has 0 radical (unpaired) electrons. The number of halogens is 1. The SMILES string of the molecule is Fc1ccc2c(CCCN3CCC(c4noc5ccccc45)CC3)noc2c1. The predicted octanol–water partition coefficient (Wildman–Crippen LogP) is 4.92. The maximum absolute atomic E-state index is 13.3. The number of likely N-dealkylation sites (tertiary alicyclic amines) is 1. The molecule has 0 atom stereocenters. The van der Waals surface area contributed by atoms with Crippen LogP contribution in [0, 0.1) is 5.82 Å². The molecule has 0 unspecified atom stereocenters. The summed E-state index contributed by atoms with van der Waals surface area (Å²) in [7, 11) is 0. The molecule has 1 fully saturated rings. The average Bonchev–Trinajstić information content (AvgIpc) is 3.33. The van der Waals surface area contributed by atoms with Crippen molar-refractivity contribution in [3.8, 4) is 0 Å². The van der Waals surface area contributed by atoms with Gasteiger partial charge in [-0.25, -0.2) is 4.39 Å². The third kappa shape index (κ3) is 3.29. The second-order valence-corrected chi connectivity index (χ2v) is 7.55. The molecule has 1 saturated heterocycles. The predicted molar refractivity (Wildman–Crippen MR) is 105 cm³/mol. The molecule has 0 spiro atoms. The van der Waals surface area contributed by atoms with E-state index in [-0.39, 0.29) is 5.82 Å². The van der Waals surface area contributed by atoms with Crippen LogP contribution in [-0.2, 0) is 6.42 Å². The number of benzene rings is 2. The van der Waals surface area contributed by atoms with Gasteiger partial charge < -0.3 is 13.9 Å². The first-order valence-electron chi connectivity index (χ1n) is 9.88. The van der Waals surface area contributed by atoms with Crippen LogP contribution in [0.25, 0.3) is 21.9 Å². The van der Waals surface area contributed by atoms with Gasteiger partial charge in [-0.15, -0.1) is 0 Å². The normalized spacial score (nSPS) is 16.3. The smallest absolute Gasteiger partial charge is 0.170 e. The van der Waals surface area contributed by atoms with Crippen LogP contribution in [-0.4, -0.2) is 34.8 Å². The van der Waals surface area contributed by atoms with Crippen molar-refractivity contribution >= 4 is 21.9 Å². The lowest BCUT2D eigenvalue weighted by Gasteiger charge is -2.31. The van der Waals surface area contributed by atoms with E-state index in [4.69, 9.17) is 9.05 Å². The lowest BCUT2D eigenvalue weighted by atomic mass is 9.91. The van der Waals surface area contributed by atoms with Crippen LogP contribution in [0.15, 0.2) is 51.5 Å². The van der Waals surface area contributed by atoms with E-state index in [2.05, 4.69) is 21.3 Å². The molecule has 1 aliphatic rings. The first-order valence-corrected chi connectivity index (χ1v) is 9.88. The van der Waals surface area contributed by atoms with Gasteiger partial charge in [-0.3, -0.25) is 0 Å². The van der Waals surface area contributed by atoms with Gasteiger partial charge in [-0.2, -0.15) is 0 Å². The second kappa shape index (κ2) is 7.36. The summed E-state index contributed by atoms with van der Waals surface area (Å²) in [4.78, 5) is 2.50. The van der Waals surface area contributed by atoms with Crippen molar-refractivity contribution in [2.75, 3.05) is 19.6 Å². The Balaban J connectivity index is 1.15. The molecule has 1 aliphatic heterocycles. The Morgan fingerprint density at radius 1 is 0.964 bits per heavy atom. The molecular weight excluding hydrogens is 357 g/mol. The van der Waals surface area contributed by atoms with Crippen molar-refractivity contribution in [2.45, 2.75) is 31.6 Å². The fraction of sp³-hybridized carbons (Fsp3) is 0.364. The number of nitrogens with zero attached hydrogens (tertiary/aromatic N) is 3. The number of aryl methyl sites for hydroxylation is 1. The number of hydrogen-bond acceptors (Lipinski definition) is 5. The average molecular weight is 379 g/mol. The van der Waals surface area contributed by atoms with E-state index in [1.54, 1.807) is 6.07 Å². The van der Waals surface area contributed by atoms with E-state index in [1.807, 2.05) is 18.2 Å². The third-order valence-corrected chi connectivity index (χ3v) is 5.78. The summed E-state index contributed by atoms with van der Waals surface area (Å²) in [5.74, 6) is 0.173. The van der Waals surface area contributed by atoms with Crippen molar-refractivity contribution in [3.63, 3.8) is 0 Å². The minimum Gasteiger partial charge on any atom is -0.356 e. The van der Waals surface area contributed by atoms with Gasteiger partial charge in [-0.05, 0) is 69.6 Å². The van der Waals surface area contributed by atoms with Gasteiger partial charge in [0.15, 0.2) is 11.2 Å². The molecule has 0 aliphatic carbocycles. The summed E-state index contributed by atoms with van der Waals surface area (Å²) in [6.45, 7) is 3.16. The highest BCUT2D eigenvalue weighted by molar-refractivity contribution is 5.80. The van der Waals surface area contributed by atoms with Crippen LogP contribution >= 0.6 is 0 Å². The van der Waals surface area contributed by atoms with Crippen LogP contribution in [0.4, 0.5) is 4.39 Å². The number of aromatic nitrogens is 2. The molecule has 0 N–H and O–H groups in total. The number of piperidine rings is 1. The van der Waals surface area contributed by atoms with Crippen LogP contribution in [0.3, 0.4) is 0 Å². The Hall–Kier alpha value is -2.73. The molecule has 2 aromatic carbocycles. The topological polar surface area (TPSA) is 55.3 Å². The Bertz CT molecular complexity index is 1100. The largest absolute Gasteiger partial charge is 0.356 e. The third-order valence-electron chi connectivity index (χ3n) is 5.78. The van der Waals surface area contributed by atoms with Crippen LogP contribution in [0.1, 0.15) is 36.6 Å². The highest BCUT2D eigenvalue weighted by atomic mass is 19.1. The highest BCUT2D eigenvalue weighted by Crippen LogP contribution is 2.32. The molecule has 144 valence electrons. The van der Waals surface area contributed by atoms with E-state index in [0.29, 0.717) is 11.5 Å². The van der Waals surface area contributed by atoms with Gasteiger partial charge in [0.2, 0.25) is 0 Å². The molecule has 0 bridgehead atoms. The monoisotopic (exact) mass is 379 g/mol. The maximum atomic E-state index is 13.3. The van der Waals surface area contributed by atoms with E-state index >= 15 is 0 Å². The molecule has 3 heterocycles.